The molecule has 0 atom stereocenters. The van der Waals surface area contributed by atoms with Crippen LogP contribution in [0.2, 0.25) is 0 Å². The van der Waals surface area contributed by atoms with Gasteiger partial charge in [-0.15, -0.1) is 0 Å². The van der Waals surface area contributed by atoms with Gasteiger partial charge in [0, 0.05) is 24.7 Å². The molecule has 3 fully saturated rings. The van der Waals surface area contributed by atoms with Crippen molar-refractivity contribution in [1.82, 2.24) is 9.80 Å². The summed E-state index contributed by atoms with van der Waals surface area (Å²) in [4.78, 5) is 5.43. The highest BCUT2D eigenvalue weighted by Crippen LogP contribution is 2.30. The van der Waals surface area contributed by atoms with Gasteiger partial charge >= 0.3 is 0 Å². The van der Waals surface area contributed by atoms with Gasteiger partial charge in [-0.3, -0.25) is 4.90 Å². The number of hydrogen-bond acceptors (Lipinski definition) is 2. The van der Waals surface area contributed by atoms with Crippen molar-refractivity contribution in [2.24, 2.45) is 0 Å². The van der Waals surface area contributed by atoms with Crippen molar-refractivity contribution < 1.29 is 0 Å². The van der Waals surface area contributed by atoms with Crippen molar-refractivity contribution in [3.63, 3.8) is 0 Å². The van der Waals surface area contributed by atoms with Crippen molar-refractivity contribution in [2.45, 2.75) is 58.0 Å². The highest BCUT2D eigenvalue weighted by atomic mass is 15.3. The smallest absolute Gasteiger partial charge is 0.0156 e. The van der Waals surface area contributed by atoms with Crippen LogP contribution in [-0.4, -0.2) is 47.6 Å². The van der Waals surface area contributed by atoms with Crippen molar-refractivity contribution >= 4 is 0 Å². The first-order chi connectivity index (χ1) is 7.13. The standard InChI is InChI=1S/C13H26N2/c1-4-7-13(2,3)15-11-10-14-8-5-12(15)6-9-14/h12H,4-11H2,1-3H3. The molecular formula is C13H26N2. The molecule has 3 aliphatic heterocycles. The first-order valence-corrected chi connectivity index (χ1v) is 6.62. The van der Waals surface area contributed by atoms with E-state index in [2.05, 4.69) is 30.6 Å². The average Bonchev–Trinajstić information content (AvgIpc) is 2.50. The summed E-state index contributed by atoms with van der Waals surface area (Å²) in [6.45, 7) is 12.4. The zero-order valence-corrected chi connectivity index (χ0v) is 10.6. The summed E-state index contributed by atoms with van der Waals surface area (Å²) in [5, 5.41) is 0. The minimum Gasteiger partial charge on any atom is -0.302 e. The maximum absolute atomic E-state index is 2.80. The molecule has 0 aliphatic carbocycles. The molecule has 0 saturated carbocycles. The molecular weight excluding hydrogens is 184 g/mol. The second-order valence-corrected chi connectivity index (χ2v) is 5.83. The lowest BCUT2D eigenvalue weighted by Crippen LogP contribution is -2.50. The molecule has 2 nitrogen and oxygen atoms in total. The minimum absolute atomic E-state index is 0.416. The van der Waals surface area contributed by atoms with E-state index in [1.807, 2.05) is 0 Å². The van der Waals surface area contributed by atoms with Crippen LogP contribution in [-0.2, 0) is 0 Å². The van der Waals surface area contributed by atoms with Gasteiger partial charge in [-0.2, -0.15) is 0 Å². The Morgan fingerprint density at radius 3 is 2.33 bits per heavy atom. The van der Waals surface area contributed by atoms with Gasteiger partial charge in [-0.25, -0.2) is 0 Å². The summed E-state index contributed by atoms with van der Waals surface area (Å²) in [5.74, 6) is 0. The van der Waals surface area contributed by atoms with Crippen LogP contribution < -0.4 is 0 Å². The van der Waals surface area contributed by atoms with Crippen molar-refractivity contribution in [1.29, 1.82) is 0 Å². The van der Waals surface area contributed by atoms with Crippen LogP contribution in [0.3, 0.4) is 0 Å². The van der Waals surface area contributed by atoms with Gasteiger partial charge in [-0.05, 0) is 46.2 Å². The Hall–Kier alpha value is -0.0800. The maximum Gasteiger partial charge on any atom is 0.0156 e. The van der Waals surface area contributed by atoms with Gasteiger partial charge in [0.05, 0.1) is 0 Å². The largest absolute Gasteiger partial charge is 0.302 e. The average molecular weight is 210 g/mol. The second kappa shape index (κ2) is 4.42. The molecule has 3 saturated heterocycles. The Morgan fingerprint density at radius 1 is 1.07 bits per heavy atom. The molecule has 0 aromatic carbocycles. The number of fused-ring (bicyclic) bond motifs is 4. The van der Waals surface area contributed by atoms with E-state index in [4.69, 9.17) is 0 Å². The number of piperidine rings is 1. The third kappa shape index (κ3) is 2.36. The number of hydrogen-bond donors (Lipinski definition) is 0. The minimum atomic E-state index is 0.416. The predicted molar refractivity (Wildman–Crippen MR) is 65.2 cm³/mol. The number of nitrogens with zero attached hydrogens (tertiary/aromatic N) is 2. The van der Waals surface area contributed by atoms with Crippen molar-refractivity contribution in [2.75, 3.05) is 26.2 Å². The van der Waals surface area contributed by atoms with E-state index < -0.39 is 0 Å². The van der Waals surface area contributed by atoms with Crippen LogP contribution >= 0.6 is 0 Å². The molecule has 0 N–H and O–H groups in total. The fourth-order valence-electron chi connectivity index (χ4n) is 3.44. The highest BCUT2D eigenvalue weighted by Gasteiger charge is 2.36. The van der Waals surface area contributed by atoms with E-state index in [1.54, 1.807) is 0 Å². The van der Waals surface area contributed by atoms with Gasteiger partial charge in [0.25, 0.3) is 0 Å². The molecule has 0 unspecified atom stereocenters. The van der Waals surface area contributed by atoms with E-state index >= 15 is 0 Å². The molecule has 0 aromatic heterocycles. The summed E-state index contributed by atoms with van der Waals surface area (Å²) < 4.78 is 0. The summed E-state index contributed by atoms with van der Waals surface area (Å²) in [6.07, 6.45) is 5.43. The van der Waals surface area contributed by atoms with E-state index in [9.17, 15) is 0 Å². The molecule has 3 rings (SSSR count). The lowest BCUT2D eigenvalue weighted by atomic mass is 9.92. The van der Waals surface area contributed by atoms with Crippen LogP contribution in [0, 0.1) is 0 Å². The molecule has 0 amide bonds. The molecule has 3 aliphatic rings. The zero-order chi connectivity index (χ0) is 10.9. The zero-order valence-electron chi connectivity index (χ0n) is 10.6. The number of rotatable bonds is 3. The van der Waals surface area contributed by atoms with E-state index in [0.29, 0.717) is 5.54 Å². The van der Waals surface area contributed by atoms with Gasteiger partial charge in [0.2, 0.25) is 0 Å². The molecule has 0 aromatic rings. The van der Waals surface area contributed by atoms with Crippen LogP contribution in [0.5, 0.6) is 0 Å². The predicted octanol–water partition coefficient (Wildman–Crippen LogP) is 2.35. The lowest BCUT2D eigenvalue weighted by molar-refractivity contribution is 0.0648. The van der Waals surface area contributed by atoms with E-state index in [-0.39, 0.29) is 0 Å². The first-order valence-electron chi connectivity index (χ1n) is 6.62. The van der Waals surface area contributed by atoms with Crippen LogP contribution in [0.1, 0.15) is 46.5 Å². The summed E-state index contributed by atoms with van der Waals surface area (Å²) in [5.41, 5.74) is 0.416. The topological polar surface area (TPSA) is 6.48 Å². The van der Waals surface area contributed by atoms with Gasteiger partial charge < -0.3 is 4.90 Å². The summed E-state index contributed by atoms with van der Waals surface area (Å²) >= 11 is 0. The molecule has 88 valence electrons. The molecule has 3 heterocycles. The molecule has 2 heteroatoms. The van der Waals surface area contributed by atoms with Gasteiger partial charge in [-0.1, -0.05) is 13.3 Å². The molecule has 15 heavy (non-hydrogen) atoms. The Kier molecular flexibility index (Phi) is 3.36. The van der Waals surface area contributed by atoms with Crippen molar-refractivity contribution in [3.8, 4) is 0 Å². The van der Waals surface area contributed by atoms with Crippen molar-refractivity contribution in [3.05, 3.63) is 0 Å². The van der Waals surface area contributed by atoms with E-state index in [0.717, 1.165) is 6.04 Å². The second-order valence-electron chi connectivity index (χ2n) is 5.83. The van der Waals surface area contributed by atoms with Crippen LogP contribution in [0.15, 0.2) is 0 Å². The third-order valence-corrected chi connectivity index (χ3v) is 4.29. The Morgan fingerprint density at radius 2 is 1.73 bits per heavy atom. The quantitative estimate of drug-likeness (QED) is 0.705. The molecule has 0 radical (unpaired) electrons. The van der Waals surface area contributed by atoms with Gasteiger partial charge in [0.1, 0.15) is 0 Å². The summed E-state index contributed by atoms with van der Waals surface area (Å²) in [6, 6.07) is 0.866. The SMILES string of the molecule is CCCC(C)(C)N1CCN2CCC1CC2. The Labute approximate surface area is 94.6 Å². The lowest BCUT2D eigenvalue weighted by Gasteiger charge is -2.43. The van der Waals surface area contributed by atoms with Gasteiger partial charge in [0.15, 0.2) is 0 Å². The Bertz CT molecular complexity index is 205. The van der Waals surface area contributed by atoms with Crippen LogP contribution in [0.25, 0.3) is 0 Å². The highest BCUT2D eigenvalue weighted by molar-refractivity contribution is 4.92. The normalized spacial score (nSPS) is 33.0. The Balaban J connectivity index is 2.07. The maximum atomic E-state index is 2.80. The van der Waals surface area contributed by atoms with Crippen LogP contribution in [0.4, 0.5) is 0 Å². The molecule has 0 spiro atoms. The third-order valence-electron chi connectivity index (χ3n) is 4.29. The summed E-state index contributed by atoms with van der Waals surface area (Å²) in [7, 11) is 0. The molecule has 2 bridgehead atoms. The monoisotopic (exact) mass is 210 g/mol. The first kappa shape index (κ1) is 11.4. The fraction of sp³-hybridized carbons (Fsp3) is 1.00. The van der Waals surface area contributed by atoms with E-state index in [1.165, 1.54) is 51.9 Å². The fourth-order valence-corrected chi connectivity index (χ4v) is 3.44.